The molecule has 2 unspecified atom stereocenters. The number of hydrogen-bond acceptors (Lipinski definition) is 12. The fraction of sp³-hybridized carbons (Fsp3) is 0.778. The molecule has 0 bridgehead atoms. The van der Waals surface area contributed by atoms with Crippen molar-refractivity contribution in [2.45, 2.75) is 217 Å². The number of hydrogen-bond donors (Lipinski definition) is 4. The molecule has 0 spiro atoms. The van der Waals surface area contributed by atoms with Crippen molar-refractivity contribution in [1.29, 1.82) is 0 Å². The zero-order valence-electron chi connectivity index (χ0n) is 56.8. The van der Waals surface area contributed by atoms with Crippen molar-refractivity contribution in [2.75, 3.05) is 55.9 Å². The molecule has 0 radical (unpaired) electrons. The number of carbonyl (C=O) groups is 12. The molecule has 1 saturated heterocycles. The van der Waals surface area contributed by atoms with Crippen molar-refractivity contribution in [3.05, 3.63) is 12.2 Å². The molecule has 1 aliphatic heterocycles. The first kappa shape index (κ1) is 77.6. The first-order valence-electron chi connectivity index (χ1n) is 30.8. The van der Waals surface area contributed by atoms with Gasteiger partial charge in [0.05, 0.1) is 6.54 Å². The van der Waals surface area contributed by atoms with E-state index in [1.807, 2.05) is 55.4 Å². The van der Waals surface area contributed by atoms with Crippen molar-refractivity contribution in [2.24, 2.45) is 47.3 Å². The summed E-state index contributed by atoms with van der Waals surface area (Å²) >= 11 is 0. The molecule has 0 saturated carbocycles. The molecular formula is C63H111N11O12. The van der Waals surface area contributed by atoms with Crippen LogP contribution in [0.15, 0.2) is 12.2 Å². The minimum atomic E-state index is -1.82. The third-order valence-corrected chi connectivity index (χ3v) is 16.1. The van der Waals surface area contributed by atoms with Crippen LogP contribution >= 0.6 is 0 Å². The minimum Gasteiger partial charge on any atom is -0.343 e. The molecule has 1 fully saturated rings. The van der Waals surface area contributed by atoms with Crippen molar-refractivity contribution < 1.29 is 57.5 Å². The van der Waals surface area contributed by atoms with Gasteiger partial charge in [0.2, 0.25) is 59.1 Å². The van der Waals surface area contributed by atoms with E-state index in [1.54, 1.807) is 67.5 Å². The second-order valence-electron chi connectivity index (χ2n) is 26.6. The summed E-state index contributed by atoms with van der Waals surface area (Å²) < 4.78 is 0. The van der Waals surface area contributed by atoms with Crippen molar-refractivity contribution in [3.63, 3.8) is 0 Å². The summed E-state index contributed by atoms with van der Waals surface area (Å²) in [5, 5.41) is 11.0. The quantitative estimate of drug-likeness (QED) is 0.135. The monoisotopic (exact) mass is 1210 g/mol. The first-order valence-corrected chi connectivity index (χ1v) is 30.8. The van der Waals surface area contributed by atoms with Gasteiger partial charge < -0.3 is 55.6 Å². The second-order valence-corrected chi connectivity index (χ2v) is 26.6. The van der Waals surface area contributed by atoms with Crippen LogP contribution in [-0.4, -0.2) is 221 Å². The molecule has 23 nitrogen and oxygen atoms in total. The molecule has 0 aromatic rings. The number of nitrogens with one attached hydrogen (secondary N) is 4. The van der Waals surface area contributed by atoms with Crippen molar-refractivity contribution in [3.8, 4) is 0 Å². The number of carbonyl (C=O) groups excluding carboxylic acids is 12. The lowest BCUT2D eigenvalue weighted by Crippen LogP contribution is -2.63. The second kappa shape index (κ2) is 34.8. The molecule has 1 heterocycles. The number of likely N-dealkylation sites (N-methyl/N-ethyl adjacent to an activating group) is 7. The highest BCUT2D eigenvalue weighted by molar-refractivity contribution is 6.10. The molecule has 1 rings (SSSR count). The van der Waals surface area contributed by atoms with E-state index < -0.39 is 161 Å². The highest BCUT2D eigenvalue weighted by atomic mass is 16.2. The minimum absolute atomic E-state index is 0.128. The molecule has 490 valence electrons. The Kier molecular flexibility index (Phi) is 31.4. The Morgan fingerprint density at radius 1 is 0.430 bits per heavy atom. The summed E-state index contributed by atoms with van der Waals surface area (Å²) in [6.45, 7) is 30.8. The fourth-order valence-corrected chi connectivity index (χ4v) is 10.7. The van der Waals surface area contributed by atoms with Gasteiger partial charge in [-0.25, -0.2) is 0 Å². The molecule has 23 heteroatoms. The van der Waals surface area contributed by atoms with Gasteiger partial charge in [-0.2, -0.15) is 0 Å². The van der Waals surface area contributed by atoms with Crippen LogP contribution in [0.3, 0.4) is 0 Å². The zero-order chi connectivity index (χ0) is 66.8. The van der Waals surface area contributed by atoms with Crippen LogP contribution in [0.1, 0.15) is 157 Å². The van der Waals surface area contributed by atoms with E-state index in [0.29, 0.717) is 0 Å². The Balaban J connectivity index is 4.37. The van der Waals surface area contributed by atoms with Gasteiger partial charge in [0.25, 0.3) is 5.91 Å². The summed E-state index contributed by atoms with van der Waals surface area (Å²) in [6.07, 6.45) is 4.28. The van der Waals surface area contributed by atoms with Gasteiger partial charge in [-0.15, -0.1) is 0 Å². The molecular weight excluding hydrogens is 1100 g/mol. The summed E-state index contributed by atoms with van der Waals surface area (Å²) in [7, 11) is 9.80. The molecule has 4 N–H and O–H groups in total. The van der Waals surface area contributed by atoms with Crippen LogP contribution in [0.25, 0.3) is 0 Å². The van der Waals surface area contributed by atoms with E-state index in [0.717, 1.165) is 9.80 Å². The van der Waals surface area contributed by atoms with Gasteiger partial charge in [-0.05, 0) is 94.3 Å². The number of amides is 11. The largest absolute Gasteiger partial charge is 0.343 e. The summed E-state index contributed by atoms with van der Waals surface area (Å²) in [4.78, 5) is 183. The van der Waals surface area contributed by atoms with Crippen LogP contribution < -0.4 is 21.3 Å². The number of allylic oxidation sites excluding steroid dienone is 2. The van der Waals surface area contributed by atoms with Gasteiger partial charge in [0, 0.05) is 55.3 Å². The van der Waals surface area contributed by atoms with Crippen LogP contribution in [0.2, 0.25) is 0 Å². The predicted molar refractivity (Wildman–Crippen MR) is 332 cm³/mol. The number of nitrogens with zero attached hydrogens (tertiary/aromatic N) is 7. The highest BCUT2D eigenvalue weighted by Gasteiger charge is 2.46. The molecule has 0 aromatic heterocycles. The van der Waals surface area contributed by atoms with E-state index in [-0.39, 0.29) is 55.8 Å². The fourth-order valence-electron chi connectivity index (χ4n) is 10.7. The maximum Gasteiger partial charge on any atom is 0.251 e. The van der Waals surface area contributed by atoms with Crippen molar-refractivity contribution in [1.82, 2.24) is 55.6 Å². The van der Waals surface area contributed by atoms with E-state index in [4.69, 9.17) is 0 Å². The lowest BCUT2D eigenvalue weighted by atomic mass is 9.92. The van der Waals surface area contributed by atoms with E-state index in [9.17, 15) is 47.9 Å². The maximum atomic E-state index is 15.2. The standard InChI is InChI=1S/C63H111N11O12/c1-26-27-28-41(16)53(76)52-57(80)67-49(38(10)11)61(84)68(19)33-48(75)69(20)44(29-34(2)3)56(79)66-50(39(12)13)62(85)70(21)45(30-35(4)5)55(78)64-42(17)54(77)65-43(18)58(81)71(22)46(31-36(6)7)59(82)72(23)47(32-37(8)9)60(83)73(24)51(40(14)15)63(86)74(52)25/h26-27,34-47,49-52H,28-33H2,1-25H3,(H,64,78)(H,65,77)(H,66,79)(H,67,80)/b27-26+/t41?,42-,43+,44-,45-,46-,47-,49-,50-,51-,52?/m0/s1. The van der Waals surface area contributed by atoms with E-state index in [1.165, 1.54) is 87.7 Å². The smallest absolute Gasteiger partial charge is 0.251 e. The normalized spacial score (nSPS) is 26.4. The summed E-state index contributed by atoms with van der Waals surface area (Å²) in [5.41, 5.74) is 0. The van der Waals surface area contributed by atoms with Gasteiger partial charge in [0.15, 0.2) is 11.8 Å². The van der Waals surface area contributed by atoms with Crippen molar-refractivity contribution >= 4 is 70.8 Å². The lowest BCUT2D eigenvalue weighted by molar-refractivity contribution is -0.157. The molecule has 0 aromatic carbocycles. The Morgan fingerprint density at radius 3 is 1.26 bits per heavy atom. The van der Waals surface area contributed by atoms with E-state index >= 15 is 9.59 Å². The average Bonchev–Trinajstić information content (AvgIpc) is 2.16. The lowest BCUT2D eigenvalue weighted by Gasteiger charge is -2.41. The molecule has 0 aliphatic carbocycles. The van der Waals surface area contributed by atoms with Crippen LogP contribution in [0.5, 0.6) is 0 Å². The number of rotatable bonds is 15. The van der Waals surface area contributed by atoms with E-state index in [2.05, 4.69) is 21.3 Å². The van der Waals surface area contributed by atoms with Crippen LogP contribution in [-0.2, 0) is 57.5 Å². The SMILES string of the molecule is C/C=C/CC(C)C(=O)C1C(=O)N[C@@H](C(C)C)C(=O)N(C)CC(=O)N(C)[C@@H](CC(C)C)C(=O)N[C@@H](C(C)C)C(=O)N(C)[C@@H](CC(C)C)C(=O)N[C@@H](C)C(=O)N[C@H](C)C(=O)N(C)[C@@H](CC(C)C)C(=O)N(C)[C@@H](CC(C)C)C(=O)N(C)[C@@H](C(C)C)C(=O)N1C. The third-order valence-electron chi connectivity index (χ3n) is 16.1. The molecule has 11 amide bonds. The zero-order valence-corrected chi connectivity index (χ0v) is 56.8. The van der Waals surface area contributed by atoms with Crippen LogP contribution in [0, 0.1) is 47.3 Å². The average molecular weight is 1210 g/mol. The Morgan fingerprint density at radius 2 is 0.814 bits per heavy atom. The van der Waals surface area contributed by atoms with Gasteiger partial charge in [0.1, 0.15) is 54.4 Å². The Labute approximate surface area is 514 Å². The number of Topliss-reactive ketones (excluding diaryl/α,β-unsaturated/α-hetero) is 1. The maximum absolute atomic E-state index is 15.2. The first-order chi connectivity index (χ1) is 39.6. The van der Waals surface area contributed by atoms with Gasteiger partial charge >= 0.3 is 0 Å². The topological polar surface area (TPSA) is 276 Å². The Hall–Kier alpha value is -6.42. The number of ketones is 1. The molecule has 11 atom stereocenters. The van der Waals surface area contributed by atoms with Gasteiger partial charge in [-0.3, -0.25) is 57.5 Å². The molecule has 1 aliphatic rings. The predicted octanol–water partition coefficient (Wildman–Crippen LogP) is 3.72. The van der Waals surface area contributed by atoms with Gasteiger partial charge in [-0.1, -0.05) is 116 Å². The summed E-state index contributed by atoms with van der Waals surface area (Å²) in [6, 6.07) is -12.7. The van der Waals surface area contributed by atoms with Crippen LogP contribution in [0.4, 0.5) is 0 Å². The summed E-state index contributed by atoms with van der Waals surface area (Å²) in [5.74, 6) is -11.6. The highest BCUT2D eigenvalue weighted by Crippen LogP contribution is 2.25. The third kappa shape index (κ3) is 21.5. The molecule has 86 heavy (non-hydrogen) atoms. The Bertz CT molecular complexity index is 2410.